The molecule has 3 aromatic rings. The molecule has 0 aliphatic carbocycles. The maximum absolute atomic E-state index is 12.3. The van der Waals surface area contributed by atoms with Gasteiger partial charge in [0.1, 0.15) is 0 Å². The number of carbonyl (C=O) groups excluding carboxylic acids is 1. The topological polar surface area (TPSA) is 86.5 Å². The number of benzene rings is 2. The Bertz CT molecular complexity index is 1010. The molecule has 2 aromatic carbocycles. The maximum Gasteiger partial charge on any atom is 0.227 e. The highest BCUT2D eigenvalue weighted by Crippen LogP contribution is 2.32. The molecule has 0 saturated carbocycles. The minimum Gasteiger partial charge on any atom is -0.490 e. The zero-order valence-electron chi connectivity index (χ0n) is 17.2. The first-order valence-corrected chi connectivity index (χ1v) is 10.2. The molecule has 1 N–H and O–H groups in total. The third kappa shape index (κ3) is 4.79. The van der Waals surface area contributed by atoms with Gasteiger partial charge in [-0.2, -0.15) is 4.98 Å². The number of nitrogens with zero attached hydrogens (tertiary/aromatic N) is 2. The molecule has 0 spiro atoms. The van der Waals surface area contributed by atoms with Crippen molar-refractivity contribution in [3.63, 3.8) is 0 Å². The Morgan fingerprint density at radius 3 is 2.60 bits per heavy atom. The molecule has 4 rings (SSSR count). The summed E-state index contributed by atoms with van der Waals surface area (Å²) in [6, 6.07) is 13.5. The maximum atomic E-state index is 12.3. The summed E-state index contributed by atoms with van der Waals surface area (Å²) in [5, 5.41) is 6.91. The summed E-state index contributed by atoms with van der Waals surface area (Å²) in [6.45, 7) is 5.54. The van der Waals surface area contributed by atoms with E-state index in [4.69, 9.17) is 14.0 Å². The number of rotatable bonds is 6. The van der Waals surface area contributed by atoms with Crippen molar-refractivity contribution in [1.29, 1.82) is 0 Å². The largest absolute Gasteiger partial charge is 0.490 e. The van der Waals surface area contributed by atoms with Crippen LogP contribution in [-0.2, 0) is 11.2 Å². The smallest absolute Gasteiger partial charge is 0.227 e. The highest BCUT2D eigenvalue weighted by atomic mass is 16.5. The molecule has 30 heavy (non-hydrogen) atoms. The standard InChI is InChI=1S/C23H25N3O4/c1-15(2)16-4-6-17(7-5-16)23-25-22(30-26-23)11-10-21(27)24-18-8-9-19-20(14-18)29-13-3-12-28-19/h4-9,14-15H,3,10-13H2,1-2H3,(H,24,27). The number of fused-ring (bicyclic) bond motifs is 1. The monoisotopic (exact) mass is 407 g/mol. The Balaban J connectivity index is 1.33. The first-order valence-electron chi connectivity index (χ1n) is 10.2. The highest BCUT2D eigenvalue weighted by molar-refractivity contribution is 5.91. The lowest BCUT2D eigenvalue weighted by molar-refractivity contribution is -0.116. The van der Waals surface area contributed by atoms with Crippen LogP contribution in [0.2, 0.25) is 0 Å². The zero-order chi connectivity index (χ0) is 20.9. The SMILES string of the molecule is CC(C)c1ccc(-c2noc(CCC(=O)Nc3ccc4c(c3)OCCCO4)n2)cc1. The van der Waals surface area contributed by atoms with Gasteiger partial charge in [0.15, 0.2) is 11.5 Å². The van der Waals surface area contributed by atoms with Gasteiger partial charge >= 0.3 is 0 Å². The van der Waals surface area contributed by atoms with Gasteiger partial charge in [-0.25, -0.2) is 0 Å². The second kappa shape index (κ2) is 8.98. The predicted octanol–water partition coefficient (Wildman–Crippen LogP) is 4.59. The molecule has 1 aliphatic rings. The van der Waals surface area contributed by atoms with Gasteiger partial charge in [0, 0.05) is 36.6 Å². The van der Waals surface area contributed by atoms with E-state index < -0.39 is 0 Å². The van der Waals surface area contributed by atoms with Crippen molar-refractivity contribution in [2.75, 3.05) is 18.5 Å². The summed E-state index contributed by atoms with van der Waals surface area (Å²) in [6.07, 6.45) is 1.44. The van der Waals surface area contributed by atoms with Crippen LogP contribution in [-0.4, -0.2) is 29.3 Å². The average Bonchev–Trinajstić information content (AvgIpc) is 3.10. The van der Waals surface area contributed by atoms with E-state index >= 15 is 0 Å². The second-order valence-corrected chi connectivity index (χ2v) is 7.55. The fourth-order valence-corrected chi connectivity index (χ4v) is 3.18. The zero-order valence-corrected chi connectivity index (χ0v) is 17.2. The molecule has 0 bridgehead atoms. The fraction of sp³-hybridized carbons (Fsp3) is 0.348. The van der Waals surface area contributed by atoms with E-state index in [2.05, 4.69) is 41.4 Å². The lowest BCUT2D eigenvalue weighted by Gasteiger charge is -2.10. The lowest BCUT2D eigenvalue weighted by Crippen LogP contribution is -2.12. The Morgan fingerprint density at radius 2 is 1.83 bits per heavy atom. The van der Waals surface area contributed by atoms with Gasteiger partial charge < -0.3 is 19.3 Å². The van der Waals surface area contributed by atoms with E-state index in [0.29, 0.717) is 54.5 Å². The number of ether oxygens (including phenoxy) is 2. The third-order valence-corrected chi connectivity index (χ3v) is 4.90. The molecule has 0 fully saturated rings. The molecular formula is C23H25N3O4. The Morgan fingerprint density at radius 1 is 1.07 bits per heavy atom. The van der Waals surface area contributed by atoms with Gasteiger partial charge in [0.2, 0.25) is 17.6 Å². The number of anilines is 1. The van der Waals surface area contributed by atoms with Crippen LogP contribution in [0.3, 0.4) is 0 Å². The van der Waals surface area contributed by atoms with Gasteiger partial charge in [-0.3, -0.25) is 4.79 Å². The quantitative estimate of drug-likeness (QED) is 0.643. The van der Waals surface area contributed by atoms with Crippen LogP contribution in [0.15, 0.2) is 47.0 Å². The molecule has 2 heterocycles. The molecule has 1 aliphatic heterocycles. The number of amides is 1. The van der Waals surface area contributed by atoms with Crippen molar-refractivity contribution < 1.29 is 18.8 Å². The van der Waals surface area contributed by atoms with Crippen LogP contribution in [0.25, 0.3) is 11.4 Å². The molecule has 1 aromatic heterocycles. The minimum absolute atomic E-state index is 0.134. The van der Waals surface area contributed by atoms with E-state index in [0.717, 1.165) is 12.0 Å². The van der Waals surface area contributed by atoms with Crippen LogP contribution in [0.5, 0.6) is 11.5 Å². The Kier molecular flexibility index (Phi) is 5.97. The van der Waals surface area contributed by atoms with Crippen LogP contribution in [0.4, 0.5) is 5.69 Å². The van der Waals surface area contributed by atoms with Crippen LogP contribution < -0.4 is 14.8 Å². The van der Waals surface area contributed by atoms with Gasteiger partial charge in [0.05, 0.1) is 13.2 Å². The van der Waals surface area contributed by atoms with E-state index in [1.807, 2.05) is 18.2 Å². The summed E-state index contributed by atoms with van der Waals surface area (Å²) in [5.74, 6) is 2.65. The fourth-order valence-electron chi connectivity index (χ4n) is 3.18. The Hall–Kier alpha value is -3.35. The number of aryl methyl sites for hydroxylation is 1. The molecular weight excluding hydrogens is 382 g/mol. The van der Waals surface area contributed by atoms with Crippen molar-refractivity contribution in [1.82, 2.24) is 10.1 Å². The minimum atomic E-state index is -0.134. The first-order chi connectivity index (χ1) is 14.6. The molecule has 0 saturated heterocycles. The first kappa shape index (κ1) is 19.9. The molecule has 156 valence electrons. The number of hydrogen-bond donors (Lipinski definition) is 1. The molecule has 0 radical (unpaired) electrons. The molecule has 0 unspecified atom stereocenters. The van der Waals surface area contributed by atoms with Gasteiger partial charge in [-0.15, -0.1) is 0 Å². The Labute approximate surface area is 175 Å². The summed E-state index contributed by atoms with van der Waals surface area (Å²) in [4.78, 5) is 16.7. The number of hydrogen-bond acceptors (Lipinski definition) is 6. The van der Waals surface area contributed by atoms with Crippen molar-refractivity contribution in [3.8, 4) is 22.9 Å². The van der Waals surface area contributed by atoms with E-state index in [1.54, 1.807) is 12.1 Å². The number of nitrogens with one attached hydrogen (secondary N) is 1. The number of carbonyl (C=O) groups is 1. The highest BCUT2D eigenvalue weighted by Gasteiger charge is 2.14. The van der Waals surface area contributed by atoms with Crippen LogP contribution in [0, 0.1) is 0 Å². The van der Waals surface area contributed by atoms with Crippen molar-refractivity contribution >= 4 is 11.6 Å². The summed E-state index contributed by atoms with van der Waals surface area (Å²) in [5.41, 5.74) is 2.82. The van der Waals surface area contributed by atoms with E-state index in [9.17, 15) is 4.79 Å². The molecule has 7 heteroatoms. The average molecular weight is 407 g/mol. The summed E-state index contributed by atoms with van der Waals surface area (Å²) in [7, 11) is 0. The summed E-state index contributed by atoms with van der Waals surface area (Å²) >= 11 is 0. The van der Waals surface area contributed by atoms with Crippen molar-refractivity contribution in [2.24, 2.45) is 0 Å². The molecule has 1 amide bonds. The van der Waals surface area contributed by atoms with Crippen molar-refractivity contribution in [2.45, 2.75) is 39.0 Å². The van der Waals surface area contributed by atoms with Gasteiger partial charge in [0.25, 0.3) is 0 Å². The number of aromatic nitrogens is 2. The molecule has 7 nitrogen and oxygen atoms in total. The third-order valence-electron chi connectivity index (χ3n) is 4.90. The van der Waals surface area contributed by atoms with E-state index in [1.165, 1.54) is 5.56 Å². The van der Waals surface area contributed by atoms with E-state index in [-0.39, 0.29) is 12.3 Å². The van der Waals surface area contributed by atoms with Crippen molar-refractivity contribution in [3.05, 3.63) is 53.9 Å². The lowest BCUT2D eigenvalue weighted by atomic mass is 10.0. The van der Waals surface area contributed by atoms with Crippen LogP contribution >= 0.6 is 0 Å². The second-order valence-electron chi connectivity index (χ2n) is 7.55. The summed E-state index contributed by atoms with van der Waals surface area (Å²) < 4.78 is 16.6. The predicted molar refractivity (Wildman–Crippen MR) is 113 cm³/mol. The normalized spacial score (nSPS) is 13.2. The van der Waals surface area contributed by atoms with Gasteiger partial charge in [-0.1, -0.05) is 43.3 Å². The molecule has 0 atom stereocenters. The van der Waals surface area contributed by atoms with Crippen LogP contribution in [0.1, 0.15) is 44.1 Å². The van der Waals surface area contributed by atoms with Gasteiger partial charge in [-0.05, 0) is 23.6 Å².